The summed E-state index contributed by atoms with van der Waals surface area (Å²) in [6.45, 7) is 0. The van der Waals surface area contributed by atoms with Crippen LogP contribution in [0.3, 0.4) is 0 Å². The number of rotatable bonds is 3. The quantitative estimate of drug-likeness (QED) is 0.757. The fraction of sp³-hybridized carbons (Fsp3) is 0.0769. The Bertz CT molecular complexity index is 844. The molecule has 3 aromatic heterocycles. The van der Waals surface area contributed by atoms with Gasteiger partial charge in [-0.05, 0) is 12.1 Å². The molecule has 3 N–H and O–H groups in total. The van der Waals surface area contributed by atoms with Crippen LogP contribution in [0, 0.1) is 5.82 Å². The molecule has 0 saturated heterocycles. The van der Waals surface area contributed by atoms with Gasteiger partial charge in [0.05, 0.1) is 18.2 Å². The Labute approximate surface area is 118 Å². The summed E-state index contributed by atoms with van der Waals surface area (Å²) >= 11 is 0. The molecule has 0 saturated carbocycles. The molecule has 106 valence electrons. The lowest BCUT2D eigenvalue weighted by Crippen LogP contribution is -2.16. The Balaban J connectivity index is 2.02. The van der Waals surface area contributed by atoms with Gasteiger partial charge in [0.1, 0.15) is 22.7 Å². The lowest BCUT2D eigenvalue weighted by molar-refractivity contribution is 0.0997. The number of aromatic nitrogens is 4. The third-order valence-electron chi connectivity index (χ3n) is 2.96. The average Bonchev–Trinajstić information content (AvgIpc) is 2.79. The number of imidazole rings is 1. The average molecular weight is 286 g/mol. The molecule has 0 fully saturated rings. The van der Waals surface area contributed by atoms with Gasteiger partial charge in [-0.15, -0.1) is 0 Å². The van der Waals surface area contributed by atoms with E-state index in [1.54, 1.807) is 23.2 Å². The van der Waals surface area contributed by atoms with Gasteiger partial charge in [-0.1, -0.05) is 0 Å². The molecule has 21 heavy (non-hydrogen) atoms. The number of carbonyl (C=O) groups is 1. The van der Waals surface area contributed by atoms with Crippen LogP contribution in [0.2, 0.25) is 0 Å². The number of primary amides is 1. The van der Waals surface area contributed by atoms with Gasteiger partial charge in [0, 0.05) is 13.2 Å². The first-order valence-corrected chi connectivity index (χ1v) is 6.04. The minimum atomic E-state index is -0.894. The molecule has 0 aliphatic rings. The van der Waals surface area contributed by atoms with Crippen LogP contribution in [-0.4, -0.2) is 25.4 Å². The van der Waals surface area contributed by atoms with E-state index >= 15 is 0 Å². The van der Waals surface area contributed by atoms with Crippen molar-refractivity contribution in [1.29, 1.82) is 0 Å². The van der Waals surface area contributed by atoms with Gasteiger partial charge in [-0.25, -0.2) is 19.3 Å². The monoisotopic (exact) mass is 286 g/mol. The number of nitrogens with two attached hydrogens (primary N) is 1. The van der Waals surface area contributed by atoms with Crippen LogP contribution < -0.4 is 11.1 Å². The number of hydrogen-bond acceptors (Lipinski definition) is 5. The van der Waals surface area contributed by atoms with Crippen molar-refractivity contribution < 1.29 is 9.18 Å². The summed E-state index contributed by atoms with van der Waals surface area (Å²) in [7, 11) is 1.83. The van der Waals surface area contributed by atoms with E-state index in [9.17, 15) is 9.18 Å². The van der Waals surface area contributed by atoms with Crippen LogP contribution in [0.1, 0.15) is 10.4 Å². The lowest BCUT2D eigenvalue weighted by atomic mass is 10.2. The van der Waals surface area contributed by atoms with Crippen LogP contribution in [0.15, 0.2) is 30.9 Å². The Kier molecular flexibility index (Phi) is 2.98. The molecule has 7 nitrogen and oxygen atoms in total. The molecular formula is C13H11FN6O. The van der Waals surface area contributed by atoms with Gasteiger partial charge >= 0.3 is 0 Å². The molecule has 0 atom stereocenters. The smallest absolute Gasteiger partial charge is 0.255 e. The van der Waals surface area contributed by atoms with Crippen LogP contribution in [-0.2, 0) is 7.05 Å². The second-order valence-electron chi connectivity index (χ2n) is 4.43. The molecular weight excluding hydrogens is 275 g/mol. The van der Waals surface area contributed by atoms with Crippen LogP contribution in [0.5, 0.6) is 0 Å². The molecule has 1 amide bonds. The summed E-state index contributed by atoms with van der Waals surface area (Å²) in [5.41, 5.74) is 6.79. The zero-order chi connectivity index (χ0) is 15.0. The minimum Gasteiger partial charge on any atom is -0.365 e. The van der Waals surface area contributed by atoms with Gasteiger partial charge in [-0.3, -0.25) is 4.79 Å². The van der Waals surface area contributed by atoms with Gasteiger partial charge < -0.3 is 15.6 Å². The molecule has 3 heterocycles. The van der Waals surface area contributed by atoms with Crippen LogP contribution in [0.4, 0.5) is 15.9 Å². The van der Waals surface area contributed by atoms with E-state index in [4.69, 9.17) is 5.73 Å². The highest BCUT2D eigenvalue weighted by Crippen LogP contribution is 2.22. The van der Waals surface area contributed by atoms with Gasteiger partial charge in [-0.2, -0.15) is 0 Å². The second-order valence-corrected chi connectivity index (χ2v) is 4.43. The zero-order valence-corrected chi connectivity index (χ0v) is 11.0. The summed E-state index contributed by atoms with van der Waals surface area (Å²) in [5.74, 6) is -1.58. The maximum atomic E-state index is 13.6. The number of hydrogen-bond donors (Lipinski definition) is 2. The normalized spacial score (nSPS) is 10.8. The third kappa shape index (κ3) is 2.27. The molecule has 0 spiro atoms. The molecule has 8 heteroatoms. The number of nitrogens with one attached hydrogen (secondary N) is 1. The Hall–Kier alpha value is -3.03. The number of fused-ring (bicyclic) bond motifs is 1. The first-order valence-electron chi connectivity index (χ1n) is 6.04. The molecule has 3 aromatic rings. The van der Waals surface area contributed by atoms with Crippen molar-refractivity contribution >= 4 is 28.6 Å². The highest BCUT2D eigenvalue weighted by Gasteiger charge is 2.15. The minimum absolute atomic E-state index is 0.0413. The summed E-state index contributed by atoms with van der Waals surface area (Å²) in [4.78, 5) is 23.7. The number of halogens is 1. The van der Waals surface area contributed by atoms with Gasteiger partial charge in [0.2, 0.25) is 0 Å². The SMILES string of the molecule is Cn1cnc2cc(Nc3nccc(F)c3C(N)=O)cnc21. The molecule has 0 aromatic carbocycles. The number of nitrogens with zero attached hydrogens (tertiary/aromatic N) is 4. The van der Waals surface area contributed by atoms with Crippen molar-refractivity contribution in [1.82, 2.24) is 19.5 Å². The summed E-state index contributed by atoms with van der Waals surface area (Å²) in [5, 5.41) is 2.83. The maximum Gasteiger partial charge on any atom is 0.255 e. The predicted molar refractivity (Wildman–Crippen MR) is 74.5 cm³/mol. The summed E-state index contributed by atoms with van der Waals surface area (Å²) in [6.07, 6.45) is 4.43. The Morgan fingerprint density at radius 1 is 1.38 bits per heavy atom. The second kappa shape index (κ2) is 4.82. The van der Waals surface area contributed by atoms with E-state index in [0.29, 0.717) is 16.9 Å². The van der Waals surface area contributed by atoms with Crippen LogP contribution in [0.25, 0.3) is 11.2 Å². The Morgan fingerprint density at radius 3 is 2.95 bits per heavy atom. The summed E-state index contributed by atoms with van der Waals surface area (Å²) < 4.78 is 15.4. The zero-order valence-electron chi connectivity index (χ0n) is 11.0. The largest absolute Gasteiger partial charge is 0.365 e. The lowest BCUT2D eigenvalue weighted by Gasteiger charge is -2.09. The number of amides is 1. The van der Waals surface area contributed by atoms with Crippen molar-refractivity contribution in [3.63, 3.8) is 0 Å². The van der Waals surface area contributed by atoms with Crippen molar-refractivity contribution in [2.75, 3.05) is 5.32 Å². The predicted octanol–water partition coefficient (Wildman–Crippen LogP) is 1.34. The van der Waals surface area contributed by atoms with E-state index < -0.39 is 11.7 Å². The number of anilines is 2. The van der Waals surface area contributed by atoms with Gasteiger partial charge in [0.15, 0.2) is 5.65 Å². The van der Waals surface area contributed by atoms with E-state index in [1.165, 1.54) is 6.20 Å². The standard InChI is InChI=1S/C13H11FN6O/c1-20-6-18-9-4-7(5-17-13(9)20)19-12-10(11(15)21)8(14)2-3-16-12/h2-6H,1H3,(H2,15,21)(H,16,19). The summed E-state index contributed by atoms with van der Waals surface area (Å²) in [6, 6.07) is 2.80. The Morgan fingerprint density at radius 2 is 2.19 bits per heavy atom. The fourth-order valence-corrected chi connectivity index (χ4v) is 1.99. The van der Waals surface area contributed by atoms with Crippen molar-refractivity contribution in [3.05, 3.63) is 42.2 Å². The first-order chi connectivity index (χ1) is 10.1. The topological polar surface area (TPSA) is 98.7 Å². The third-order valence-corrected chi connectivity index (χ3v) is 2.96. The molecule has 0 aliphatic heterocycles. The van der Waals surface area contributed by atoms with E-state index in [1.807, 2.05) is 7.05 Å². The van der Waals surface area contributed by atoms with Crippen molar-refractivity contribution in [2.45, 2.75) is 0 Å². The number of aryl methyl sites for hydroxylation is 1. The fourth-order valence-electron chi connectivity index (χ4n) is 1.99. The highest BCUT2D eigenvalue weighted by atomic mass is 19.1. The van der Waals surface area contributed by atoms with E-state index in [2.05, 4.69) is 20.3 Å². The van der Waals surface area contributed by atoms with Crippen molar-refractivity contribution in [2.24, 2.45) is 12.8 Å². The molecule has 3 rings (SSSR count). The van der Waals surface area contributed by atoms with E-state index in [-0.39, 0.29) is 11.4 Å². The molecule has 0 aliphatic carbocycles. The van der Waals surface area contributed by atoms with Crippen LogP contribution >= 0.6 is 0 Å². The molecule has 0 unspecified atom stereocenters. The maximum absolute atomic E-state index is 13.6. The molecule has 0 bridgehead atoms. The molecule has 0 radical (unpaired) electrons. The van der Waals surface area contributed by atoms with E-state index in [0.717, 1.165) is 6.07 Å². The number of carbonyl (C=O) groups excluding carboxylic acids is 1. The number of pyridine rings is 2. The highest BCUT2D eigenvalue weighted by molar-refractivity contribution is 5.98. The van der Waals surface area contributed by atoms with Gasteiger partial charge in [0.25, 0.3) is 5.91 Å². The van der Waals surface area contributed by atoms with Crippen molar-refractivity contribution in [3.8, 4) is 0 Å². The first kappa shape index (κ1) is 13.0.